The number of amides is 1. The van der Waals surface area contributed by atoms with Gasteiger partial charge in [0.2, 0.25) is 5.82 Å². The fourth-order valence-corrected chi connectivity index (χ4v) is 3.25. The summed E-state index contributed by atoms with van der Waals surface area (Å²) >= 11 is 0. The van der Waals surface area contributed by atoms with E-state index in [0.717, 1.165) is 6.07 Å². The maximum absolute atomic E-state index is 14.0. The number of rotatable bonds is 3. The Hall–Kier alpha value is -2.87. The highest BCUT2D eigenvalue weighted by molar-refractivity contribution is 5.95. The molecule has 6 nitrogen and oxygen atoms in total. The van der Waals surface area contributed by atoms with E-state index < -0.39 is 22.2 Å². The molecule has 1 amide bonds. The van der Waals surface area contributed by atoms with E-state index >= 15 is 0 Å². The lowest BCUT2D eigenvalue weighted by Crippen LogP contribution is -2.41. The molecule has 1 aliphatic rings. The molecule has 1 aliphatic heterocycles. The monoisotopic (exact) mass is 362 g/mol. The molecule has 0 N–H and O–H groups in total. The van der Waals surface area contributed by atoms with Gasteiger partial charge in [0.1, 0.15) is 12.4 Å². The summed E-state index contributed by atoms with van der Waals surface area (Å²) in [6.45, 7) is 4.16. The first kappa shape index (κ1) is 17.9. The highest BCUT2D eigenvalue weighted by Gasteiger charge is 2.27. The zero-order valence-electron chi connectivity index (χ0n) is 14.2. The Kier molecular flexibility index (Phi) is 4.69. The topological polar surface area (TPSA) is 72.7 Å². The molecule has 0 atom stereocenters. The van der Waals surface area contributed by atoms with Gasteiger partial charge in [-0.15, -0.1) is 0 Å². The Morgan fingerprint density at radius 2 is 1.81 bits per heavy atom. The predicted molar refractivity (Wildman–Crippen MR) is 91.1 cm³/mol. The van der Waals surface area contributed by atoms with Crippen LogP contribution in [0.15, 0.2) is 24.3 Å². The first-order valence-corrected chi connectivity index (χ1v) is 7.92. The minimum atomic E-state index is -1.23. The van der Waals surface area contributed by atoms with Crippen LogP contribution in [0.5, 0.6) is 0 Å². The second-order valence-electron chi connectivity index (χ2n) is 6.09. The minimum Gasteiger partial charge on any atom is -0.370 e. The number of morpholine rings is 1. The Balaban J connectivity index is 2.16. The smallest absolute Gasteiger partial charge is 0.312 e. The van der Waals surface area contributed by atoms with Crippen LogP contribution >= 0.6 is 0 Å². The van der Waals surface area contributed by atoms with Crippen molar-refractivity contribution in [2.75, 3.05) is 24.7 Å². The molecule has 0 radical (unpaired) electrons. The normalized spacial score (nSPS) is 14.6. The van der Waals surface area contributed by atoms with Crippen LogP contribution in [0.2, 0.25) is 0 Å². The van der Waals surface area contributed by atoms with Crippen LogP contribution in [0, 0.1) is 35.6 Å². The molecular weight excluding hydrogens is 346 g/mol. The molecule has 136 valence electrons. The SMILES string of the molecule is Cc1cc(N2CCOCC2=O)cc(C)c1-c1cc(F)cc(F)c1[N+](=O)[O-]. The van der Waals surface area contributed by atoms with Crippen molar-refractivity contribution in [1.29, 1.82) is 0 Å². The van der Waals surface area contributed by atoms with E-state index in [0.29, 0.717) is 41.6 Å². The summed E-state index contributed by atoms with van der Waals surface area (Å²) in [5, 5.41) is 11.3. The number of carbonyl (C=O) groups excluding carboxylic acids is 1. The van der Waals surface area contributed by atoms with Crippen molar-refractivity contribution < 1.29 is 23.2 Å². The Labute approximate surface area is 148 Å². The molecule has 0 spiro atoms. The van der Waals surface area contributed by atoms with Crippen LogP contribution in [-0.2, 0) is 9.53 Å². The van der Waals surface area contributed by atoms with Gasteiger partial charge in [-0.2, -0.15) is 4.39 Å². The van der Waals surface area contributed by atoms with Crippen LogP contribution in [0.4, 0.5) is 20.2 Å². The van der Waals surface area contributed by atoms with Gasteiger partial charge in [-0.25, -0.2) is 4.39 Å². The standard InChI is InChI=1S/C18H16F2N2O4/c1-10-5-13(21-3-4-26-9-16(21)23)6-11(2)17(10)14-7-12(19)8-15(20)18(14)22(24)25/h5-8H,3-4,9H2,1-2H3. The molecule has 0 unspecified atom stereocenters. The molecule has 1 saturated heterocycles. The van der Waals surface area contributed by atoms with Gasteiger partial charge in [-0.3, -0.25) is 14.9 Å². The van der Waals surface area contributed by atoms with E-state index in [-0.39, 0.29) is 18.1 Å². The van der Waals surface area contributed by atoms with Gasteiger partial charge in [0, 0.05) is 18.3 Å². The average molecular weight is 362 g/mol. The van der Waals surface area contributed by atoms with E-state index in [1.807, 2.05) is 0 Å². The number of benzene rings is 2. The maximum Gasteiger partial charge on any atom is 0.312 e. The van der Waals surface area contributed by atoms with E-state index in [9.17, 15) is 23.7 Å². The summed E-state index contributed by atoms with van der Waals surface area (Å²) in [5.41, 5.74) is 1.26. The van der Waals surface area contributed by atoms with E-state index in [1.54, 1.807) is 30.9 Å². The maximum atomic E-state index is 14.0. The Bertz CT molecular complexity index is 891. The first-order chi connectivity index (χ1) is 12.3. The largest absolute Gasteiger partial charge is 0.370 e. The van der Waals surface area contributed by atoms with Crippen molar-refractivity contribution in [1.82, 2.24) is 0 Å². The number of hydrogen-bond donors (Lipinski definition) is 0. The lowest BCUT2D eigenvalue weighted by atomic mass is 9.93. The number of nitro benzene ring substituents is 1. The van der Waals surface area contributed by atoms with Crippen LogP contribution in [0.1, 0.15) is 11.1 Å². The molecule has 0 bridgehead atoms. The zero-order valence-corrected chi connectivity index (χ0v) is 14.2. The van der Waals surface area contributed by atoms with Crippen molar-refractivity contribution in [2.24, 2.45) is 0 Å². The molecular formula is C18H16F2N2O4. The van der Waals surface area contributed by atoms with Crippen LogP contribution in [0.25, 0.3) is 11.1 Å². The molecule has 3 rings (SSSR count). The fourth-order valence-electron chi connectivity index (χ4n) is 3.25. The third-order valence-electron chi connectivity index (χ3n) is 4.30. The molecule has 0 aromatic heterocycles. The number of anilines is 1. The third-order valence-corrected chi connectivity index (χ3v) is 4.30. The van der Waals surface area contributed by atoms with Crippen LogP contribution in [0.3, 0.4) is 0 Å². The Morgan fingerprint density at radius 1 is 1.15 bits per heavy atom. The van der Waals surface area contributed by atoms with Gasteiger partial charge in [-0.05, 0) is 48.7 Å². The number of nitrogens with zero attached hydrogens (tertiary/aromatic N) is 2. The van der Waals surface area contributed by atoms with Gasteiger partial charge in [0.15, 0.2) is 0 Å². The second-order valence-corrected chi connectivity index (χ2v) is 6.09. The van der Waals surface area contributed by atoms with E-state index in [1.165, 1.54) is 0 Å². The van der Waals surface area contributed by atoms with Gasteiger partial charge >= 0.3 is 5.69 Å². The van der Waals surface area contributed by atoms with Crippen molar-refractivity contribution in [3.05, 3.63) is 57.1 Å². The number of nitro groups is 1. The molecule has 1 heterocycles. The number of halogens is 2. The molecule has 1 fully saturated rings. The first-order valence-electron chi connectivity index (χ1n) is 7.92. The quantitative estimate of drug-likeness (QED) is 0.619. The van der Waals surface area contributed by atoms with Crippen molar-refractivity contribution in [3.63, 3.8) is 0 Å². The highest BCUT2D eigenvalue weighted by atomic mass is 19.1. The fraction of sp³-hybridized carbons (Fsp3) is 0.278. The van der Waals surface area contributed by atoms with Crippen LogP contribution < -0.4 is 4.90 Å². The summed E-state index contributed by atoms with van der Waals surface area (Å²) in [7, 11) is 0. The average Bonchev–Trinajstić information content (AvgIpc) is 2.53. The molecule has 8 heteroatoms. The van der Waals surface area contributed by atoms with Gasteiger partial charge in [0.25, 0.3) is 5.91 Å². The molecule has 0 saturated carbocycles. The molecule has 2 aromatic carbocycles. The van der Waals surface area contributed by atoms with E-state index in [2.05, 4.69) is 0 Å². The van der Waals surface area contributed by atoms with Crippen LogP contribution in [-0.4, -0.2) is 30.6 Å². The number of hydrogen-bond acceptors (Lipinski definition) is 4. The molecule has 0 aliphatic carbocycles. The summed E-state index contributed by atoms with van der Waals surface area (Å²) in [5.74, 6) is -2.31. The predicted octanol–water partition coefficient (Wildman–Crippen LogP) is 3.52. The number of ether oxygens (including phenoxy) is 1. The minimum absolute atomic E-state index is 0.0135. The van der Waals surface area contributed by atoms with Gasteiger partial charge in [-0.1, -0.05) is 0 Å². The summed E-state index contributed by atoms with van der Waals surface area (Å²) in [6.07, 6.45) is 0. The number of carbonyl (C=O) groups is 1. The lowest BCUT2D eigenvalue weighted by Gasteiger charge is -2.28. The molecule has 26 heavy (non-hydrogen) atoms. The summed E-state index contributed by atoms with van der Waals surface area (Å²) in [4.78, 5) is 24.0. The lowest BCUT2D eigenvalue weighted by molar-refractivity contribution is -0.386. The van der Waals surface area contributed by atoms with Gasteiger partial charge < -0.3 is 9.64 Å². The second kappa shape index (κ2) is 6.80. The summed E-state index contributed by atoms with van der Waals surface area (Å²) < 4.78 is 32.8. The van der Waals surface area contributed by atoms with Gasteiger partial charge in [0.05, 0.1) is 17.1 Å². The zero-order chi connectivity index (χ0) is 19.0. The summed E-state index contributed by atoms with van der Waals surface area (Å²) in [6, 6.07) is 4.80. The van der Waals surface area contributed by atoms with Crippen molar-refractivity contribution in [2.45, 2.75) is 13.8 Å². The van der Waals surface area contributed by atoms with Crippen molar-refractivity contribution in [3.8, 4) is 11.1 Å². The third kappa shape index (κ3) is 3.15. The number of aryl methyl sites for hydroxylation is 2. The van der Waals surface area contributed by atoms with Crippen molar-refractivity contribution >= 4 is 17.3 Å². The van der Waals surface area contributed by atoms with E-state index in [4.69, 9.17) is 4.74 Å². The molecule has 2 aromatic rings. The highest BCUT2D eigenvalue weighted by Crippen LogP contribution is 2.38. The Morgan fingerprint density at radius 3 is 2.38 bits per heavy atom.